The topological polar surface area (TPSA) is 95.2 Å². The second-order valence-corrected chi connectivity index (χ2v) is 8.70. The van der Waals surface area contributed by atoms with E-state index in [9.17, 15) is 27.6 Å². The number of rotatable bonds is 10. The monoisotopic (exact) mass is 564 g/mol. The summed E-state index contributed by atoms with van der Waals surface area (Å²) in [5.41, 5.74) is -0.231. The molecular formula is C22H18Cl3F3N4O4. The first kappa shape index (κ1) is 27.6. The predicted octanol–water partition coefficient (Wildman–Crippen LogP) is 4.65. The maximum Gasteiger partial charge on any atom is 0.390 e. The third-order valence-electron chi connectivity index (χ3n) is 4.96. The zero-order chi connectivity index (χ0) is 26.5. The molecule has 0 spiro atoms. The number of halogens is 6. The Labute approximate surface area is 217 Å². The first-order valence-electron chi connectivity index (χ1n) is 10.3. The maximum absolute atomic E-state index is 12.9. The summed E-state index contributed by atoms with van der Waals surface area (Å²) in [7, 11) is 0. The van der Waals surface area contributed by atoms with Crippen molar-refractivity contribution < 1.29 is 27.5 Å². The smallest absolute Gasteiger partial charge is 0.390 e. The van der Waals surface area contributed by atoms with Gasteiger partial charge in [0, 0.05) is 17.1 Å². The third-order valence-corrected chi connectivity index (χ3v) is 6.05. The molecule has 192 valence electrons. The first-order chi connectivity index (χ1) is 17.0. The Morgan fingerprint density at radius 3 is 2.47 bits per heavy atom. The molecule has 1 amide bonds. The van der Waals surface area contributed by atoms with E-state index in [0.29, 0.717) is 16.1 Å². The zero-order valence-corrected chi connectivity index (χ0v) is 20.5. The fraction of sp³-hybridized carbons (Fsp3) is 0.273. The van der Waals surface area contributed by atoms with E-state index in [2.05, 4.69) is 10.4 Å². The van der Waals surface area contributed by atoms with Crippen molar-refractivity contribution in [3.8, 4) is 11.4 Å². The van der Waals surface area contributed by atoms with E-state index in [-0.39, 0.29) is 28.9 Å². The van der Waals surface area contributed by atoms with E-state index in [1.807, 2.05) is 0 Å². The van der Waals surface area contributed by atoms with E-state index in [0.717, 1.165) is 9.25 Å². The van der Waals surface area contributed by atoms with Crippen LogP contribution in [0.2, 0.25) is 15.1 Å². The van der Waals surface area contributed by atoms with E-state index < -0.39 is 43.3 Å². The lowest BCUT2D eigenvalue weighted by molar-refractivity contribution is -0.136. The molecule has 0 aliphatic rings. The van der Waals surface area contributed by atoms with Crippen molar-refractivity contribution in [3.05, 3.63) is 73.6 Å². The fourth-order valence-electron chi connectivity index (χ4n) is 3.31. The van der Waals surface area contributed by atoms with Crippen LogP contribution >= 0.6 is 34.8 Å². The number of carbonyl (C=O) groups excluding carboxylic acids is 2. The second-order valence-electron chi connectivity index (χ2n) is 7.48. The van der Waals surface area contributed by atoms with Crippen LogP contribution in [0.3, 0.4) is 0 Å². The number of aromatic nitrogens is 3. The largest absolute Gasteiger partial charge is 0.465 e. The molecular weight excluding hydrogens is 548 g/mol. The Morgan fingerprint density at radius 1 is 1.14 bits per heavy atom. The maximum atomic E-state index is 12.9. The highest BCUT2D eigenvalue weighted by Crippen LogP contribution is 2.30. The minimum absolute atomic E-state index is 0.0626. The number of carbonyl (C=O) groups is 2. The van der Waals surface area contributed by atoms with Crippen LogP contribution in [-0.4, -0.2) is 39.5 Å². The highest BCUT2D eigenvalue weighted by atomic mass is 35.5. The zero-order valence-electron chi connectivity index (χ0n) is 18.3. The van der Waals surface area contributed by atoms with Crippen LogP contribution in [0.15, 0.2) is 47.3 Å². The van der Waals surface area contributed by atoms with Crippen LogP contribution in [0.5, 0.6) is 0 Å². The van der Waals surface area contributed by atoms with E-state index >= 15 is 0 Å². The van der Waals surface area contributed by atoms with Gasteiger partial charge < -0.3 is 10.1 Å². The van der Waals surface area contributed by atoms with Crippen LogP contribution in [-0.2, 0) is 27.4 Å². The van der Waals surface area contributed by atoms with Crippen molar-refractivity contribution in [1.82, 2.24) is 19.7 Å². The molecule has 36 heavy (non-hydrogen) atoms. The average Bonchev–Trinajstić information content (AvgIpc) is 3.12. The molecule has 2 aromatic carbocycles. The van der Waals surface area contributed by atoms with Gasteiger partial charge in [0.1, 0.15) is 13.2 Å². The number of hydrogen-bond acceptors (Lipinski definition) is 5. The molecule has 1 unspecified atom stereocenters. The van der Waals surface area contributed by atoms with Crippen molar-refractivity contribution in [2.24, 2.45) is 0 Å². The summed E-state index contributed by atoms with van der Waals surface area (Å²) < 4.78 is 44.9. The Hall–Kier alpha value is -3.02. The Balaban J connectivity index is 1.90. The van der Waals surface area contributed by atoms with Crippen molar-refractivity contribution in [3.63, 3.8) is 0 Å². The van der Waals surface area contributed by atoms with Crippen molar-refractivity contribution in [2.45, 2.75) is 31.7 Å². The minimum atomic E-state index is -4.52. The van der Waals surface area contributed by atoms with Crippen LogP contribution in [0.1, 0.15) is 18.0 Å². The standard InChI is InChI=1S/C22H18Cl3F3N4O4/c23-14-6-4-13(5-7-14)20-30-32(21(35)31(20)9-8-22(26,27)28)10-18(34)29-17(11-36-12-33)15-2-1-3-16(24)19(15)25/h1-7,12,17H,8-11H2,(H,29,34). The summed E-state index contributed by atoms with van der Waals surface area (Å²) in [5, 5.41) is 7.36. The molecule has 0 saturated carbocycles. The van der Waals surface area contributed by atoms with Gasteiger partial charge in [-0.1, -0.05) is 46.9 Å². The van der Waals surface area contributed by atoms with Crippen LogP contribution in [0.4, 0.5) is 13.2 Å². The molecule has 0 aliphatic carbocycles. The van der Waals surface area contributed by atoms with Gasteiger partial charge in [0.05, 0.1) is 22.5 Å². The molecule has 0 fully saturated rings. The van der Waals surface area contributed by atoms with Gasteiger partial charge in [-0.25, -0.2) is 9.48 Å². The van der Waals surface area contributed by atoms with Crippen molar-refractivity contribution >= 4 is 47.2 Å². The number of benzene rings is 2. The van der Waals surface area contributed by atoms with Crippen LogP contribution in [0.25, 0.3) is 11.4 Å². The number of amides is 1. The van der Waals surface area contributed by atoms with Gasteiger partial charge in [-0.2, -0.15) is 13.2 Å². The lowest BCUT2D eigenvalue weighted by Gasteiger charge is -2.19. The summed E-state index contributed by atoms with van der Waals surface area (Å²) in [6, 6.07) is 9.71. The molecule has 3 rings (SSSR count). The number of nitrogens with zero attached hydrogens (tertiary/aromatic N) is 3. The molecule has 3 aromatic rings. The average molecular weight is 566 g/mol. The van der Waals surface area contributed by atoms with Gasteiger partial charge in [0.15, 0.2) is 5.82 Å². The molecule has 1 aromatic heterocycles. The molecule has 14 heteroatoms. The Morgan fingerprint density at radius 2 is 1.83 bits per heavy atom. The number of hydrogen-bond donors (Lipinski definition) is 1. The van der Waals surface area contributed by atoms with Crippen molar-refractivity contribution in [1.29, 1.82) is 0 Å². The van der Waals surface area contributed by atoms with Gasteiger partial charge in [-0.15, -0.1) is 5.10 Å². The van der Waals surface area contributed by atoms with Gasteiger partial charge in [-0.3, -0.25) is 14.2 Å². The van der Waals surface area contributed by atoms with E-state index in [4.69, 9.17) is 39.5 Å². The fourth-order valence-corrected chi connectivity index (χ4v) is 3.87. The SMILES string of the molecule is O=COCC(NC(=O)Cn1nc(-c2ccc(Cl)cc2)n(CCC(F)(F)F)c1=O)c1cccc(Cl)c1Cl. The predicted molar refractivity (Wildman–Crippen MR) is 127 cm³/mol. The van der Waals surface area contributed by atoms with E-state index in [1.54, 1.807) is 12.1 Å². The molecule has 8 nitrogen and oxygen atoms in total. The summed E-state index contributed by atoms with van der Waals surface area (Å²) in [4.78, 5) is 36.4. The summed E-state index contributed by atoms with van der Waals surface area (Å²) in [6.07, 6.45) is -5.79. The third kappa shape index (κ3) is 7.02. The van der Waals surface area contributed by atoms with Gasteiger partial charge >= 0.3 is 11.9 Å². The highest BCUT2D eigenvalue weighted by Gasteiger charge is 2.29. The summed E-state index contributed by atoms with van der Waals surface area (Å²) >= 11 is 18.1. The molecule has 1 heterocycles. The Bertz CT molecular complexity index is 1290. The lowest BCUT2D eigenvalue weighted by Crippen LogP contribution is -2.37. The van der Waals surface area contributed by atoms with E-state index in [1.165, 1.54) is 30.3 Å². The van der Waals surface area contributed by atoms with Gasteiger partial charge in [0.2, 0.25) is 5.91 Å². The normalized spacial score (nSPS) is 12.3. The Kier molecular flexibility index (Phi) is 9.04. The van der Waals surface area contributed by atoms with Gasteiger partial charge in [0.25, 0.3) is 6.47 Å². The van der Waals surface area contributed by atoms with Crippen LogP contribution < -0.4 is 11.0 Å². The molecule has 0 aliphatic heterocycles. The number of ether oxygens (including phenoxy) is 1. The molecule has 0 saturated heterocycles. The molecule has 1 atom stereocenters. The first-order valence-corrected chi connectivity index (χ1v) is 11.4. The summed E-state index contributed by atoms with van der Waals surface area (Å²) in [5.74, 6) is -0.803. The highest BCUT2D eigenvalue weighted by molar-refractivity contribution is 6.42. The summed E-state index contributed by atoms with van der Waals surface area (Å²) in [6.45, 7) is -1.44. The van der Waals surface area contributed by atoms with Crippen LogP contribution in [0, 0.1) is 0 Å². The molecule has 0 radical (unpaired) electrons. The number of alkyl halides is 3. The van der Waals surface area contributed by atoms with Gasteiger partial charge in [-0.05, 0) is 35.9 Å². The molecule has 0 bridgehead atoms. The number of nitrogens with one attached hydrogen (secondary N) is 1. The van der Waals surface area contributed by atoms with Crippen molar-refractivity contribution in [2.75, 3.05) is 6.61 Å². The minimum Gasteiger partial charge on any atom is -0.465 e. The molecule has 1 N–H and O–H groups in total. The quantitative estimate of drug-likeness (QED) is 0.361. The lowest BCUT2D eigenvalue weighted by atomic mass is 10.1. The second kappa shape index (κ2) is 11.8.